The summed E-state index contributed by atoms with van der Waals surface area (Å²) >= 11 is 0. The molecule has 0 aliphatic carbocycles. The van der Waals surface area contributed by atoms with E-state index >= 15 is 0 Å². The topological polar surface area (TPSA) is 88.3 Å². The number of nitrogens with one attached hydrogen (secondary N) is 2. The summed E-state index contributed by atoms with van der Waals surface area (Å²) in [5.74, 6) is -0.917. The predicted molar refractivity (Wildman–Crippen MR) is 131 cm³/mol. The average Bonchev–Trinajstić information content (AvgIpc) is 3.24. The molecule has 0 saturated carbocycles. The molecule has 0 amide bonds. The number of H-pyrrole nitrogens is 1. The zero-order valence-corrected chi connectivity index (χ0v) is 20.4. The number of methoxy groups -OCH3 is 1. The van der Waals surface area contributed by atoms with Gasteiger partial charge in [0, 0.05) is 40.7 Å². The number of anilines is 1. The lowest BCUT2D eigenvalue weighted by atomic mass is 9.93. The Morgan fingerprint density at radius 2 is 1.80 bits per heavy atom. The lowest BCUT2D eigenvalue weighted by molar-refractivity contribution is 0.0971. The smallest absolute Gasteiger partial charge is 0.191 e. The van der Waals surface area contributed by atoms with Crippen molar-refractivity contribution >= 4 is 32.2 Å². The Morgan fingerprint density at radius 3 is 2.46 bits per heavy atom. The summed E-state index contributed by atoms with van der Waals surface area (Å²) in [7, 11) is -2.16. The SMILES string of the molecule is COc1cc(NC(C(=O)c2c[nH]c3c(C)c(F)ccc23)c2ccc(F)cc2C)cc(S(C)(=O)=O)c1. The molecule has 0 bridgehead atoms. The first-order valence-corrected chi connectivity index (χ1v) is 12.6. The molecule has 0 aliphatic heterocycles. The highest BCUT2D eigenvalue weighted by Crippen LogP contribution is 2.33. The highest BCUT2D eigenvalue weighted by molar-refractivity contribution is 7.90. The quantitative estimate of drug-likeness (QED) is 0.328. The van der Waals surface area contributed by atoms with Crippen molar-refractivity contribution < 1.29 is 26.7 Å². The van der Waals surface area contributed by atoms with E-state index in [-0.39, 0.29) is 16.4 Å². The molecule has 6 nitrogen and oxygen atoms in total. The van der Waals surface area contributed by atoms with Crippen LogP contribution in [0.3, 0.4) is 0 Å². The maximum atomic E-state index is 14.1. The van der Waals surface area contributed by atoms with Crippen molar-refractivity contribution in [3.8, 4) is 5.75 Å². The first kappa shape index (κ1) is 24.4. The van der Waals surface area contributed by atoms with Gasteiger partial charge in [0.1, 0.15) is 23.4 Å². The number of hydrogen-bond acceptors (Lipinski definition) is 5. The Labute approximate surface area is 201 Å². The van der Waals surface area contributed by atoms with Crippen LogP contribution < -0.4 is 10.1 Å². The summed E-state index contributed by atoms with van der Waals surface area (Å²) in [6.45, 7) is 3.30. The number of benzene rings is 3. The van der Waals surface area contributed by atoms with E-state index in [0.717, 1.165) is 6.26 Å². The lowest BCUT2D eigenvalue weighted by Crippen LogP contribution is -2.22. The molecule has 1 unspecified atom stereocenters. The fraction of sp³-hybridized carbons (Fsp3) is 0.192. The number of carbonyl (C=O) groups excluding carboxylic acids is 1. The summed E-state index contributed by atoms with van der Waals surface area (Å²) in [6.07, 6.45) is 2.59. The van der Waals surface area contributed by atoms with Crippen LogP contribution in [-0.4, -0.2) is 32.6 Å². The van der Waals surface area contributed by atoms with Crippen molar-refractivity contribution in [2.75, 3.05) is 18.7 Å². The van der Waals surface area contributed by atoms with E-state index in [9.17, 15) is 22.0 Å². The molecule has 0 aliphatic rings. The molecule has 0 radical (unpaired) electrons. The standard InChI is InChI=1S/C26H24F2N2O4S/c1-14-9-16(27)5-6-20(14)25(30-17-10-18(34-3)12-19(11-17)35(4,32)33)26(31)22-13-29-24-15(2)23(28)8-7-21(22)24/h5-13,25,29-30H,1-4H3. The first-order chi connectivity index (χ1) is 16.5. The molecule has 1 atom stereocenters. The van der Waals surface area contributed by atoms with Crippen molar-refractivity contribution in [1.82, 2.24) is 4.98 Å². The van der Waals surface area contributed by atoms with Gasteiger partial charge in [-0.1, -0.05) is 6.07 Å². The van der Waals surface area contributed by atoms with Crippen molar-refractivity contribution in [3.05, 3.63) is 88.6 Å². The molecule has 1 heterocycles. The summed E-state index contributed by atoms with van der Waals surface area (Å²) in [5, 5.41) is 3.66. The van der Waals surface area contributed by atoms with Crippen LogP contribution in [0.2, 0.25) is 0 Å². The molecule has 35 heavy (non-hydrogen) atoms. The minimum Gasteiger partial charge on any atom is -0.497 e. The van der Waals surface area contributed by atoms with Crippen LogP contribution in [0.5, 0.6) is 5.75 Å². The molecule has 4 rings (SSSR count). The van der Waals surface area contributed by atoms with Gasteiger partial charge in [-0.05, 0) is 61.4 Å². The highest BCUT2D eigenvalue weighted by Gasteiger charge is 2.27. The van der Waals surface area contributed by atoms with E-state index in [1.165, 1.54) is 55.8 Å². The van der Waals surface area contributed by atoms with Gasteiger partial charge in [0.25, 0.3) is 0 Å². The van der Waals surface area contributed by atoms with E-state index in [1.54, 1.807) is 19.9 Å². The molecule has 0 fully saturated rings. The van der Waals surface area contributed by atoms with Crippen LogP contribution in [0, 0.1) is 25.5 Å². The number of Topliss-reactive ketones (excluding diaryl/α,β-unsaturated/α-hetero) is 1. The van der Waals surface area contributed by atoms with Gasteiger partial charge in [-0.15, -0.1) is 0 Å². The molecule has 0 spiro atoms. The Bertz CT molecular complexity index is 1560. The molecule has 1 aromatic heterocycles. The number of aromatic amines is 1. The number of hydrogen-bond donors (Lipinski definition) is 2. The van der Waals surface area contributed by atoms with Gasteiger partial charge >= 0.3 is 0 Å². The largest absolute Gasteiger partial charge is 0.497 e. The van der Waals surface area contributed by atoms with E-state index in [0.29, 0.717) is 38.8 Å². The maximum absolute atomic E-state index is 14.1. The van der Waals surface area contributed by atoms with Gasteiger partial charge in [-0.3, -0.25) is 4.79 Å². The van der Waals surface area contributed by atoms with Crippen molar-refractivity contribution in [3.63, 3.8) is 0 Å². The molecule has 4 aromatic rings. The summed E-state index contributed by atoms with van der Waals surface area (Å²) in [4.78, 5) is 16.9. The number of aromatic nitrogens is 1. The second kappa shape index (κ2) is 9.14. The zero-order chi connectivity index (χ0) is 25.5. The van der Waals surface area contributed by atoms with Gasteiger partial charge in [0.15, 0.2) is 15.6 Å². The predicted octanol–water partition coefficient (Wildman–Crippen LogP) is 5.51. The average molecular weight is 499 g/mol. The van der Waals surface area contributed by atoms with Gasteiger partial charge in [-0.2, -0.15) is 0 Å². The molecule has 0 saturated heterocycles. The number of rotatable bonds is 7. The zero-order valence-electron chi connectivity index (χ0n) is 19.6. The fourth-order valence-corrected chi connectivity index (χ4v) is 4.75. The molecular formula is C26H24F2N2O4S. The van der Waals surface area contributed by atoms with E-state index in [1.807, 2.05) is 0 Å². The third-order valence-electron chi connectivity index (χ3n) is 5.98. The fourth-order valence-electron chi connectivity index (χ4n) is 4.08. The highest BCUT2D eigenvalue weighted by atomic mass is 32.2. The molecule has 2 N–H and O–H groups in total. The number of carbonyl (C=O) groups is 1. The number of ketones is 1. The van der Waals surface area contributed by atoms with Crippen LogP contribution in [0.25, 0.3) is 10.9 Å². The minimum atomic E-state index is -3.57. The normalized spacial score (nSPS) is 12.5. The Hall–Kier alpha value is -3.72. The monoisotopic (exact) mass is 498 g/mol. The summed E-state index contributed by atoms with van der Waals surface area (Å²) < 4.78 is 57.6. The minimum absolute atomic E-state index is 0.0135. The van der Waals surface area contributed by atoms with Crippen LogP contribution in [0.15, 0.2) is 59.6 Å². The Kier molecular flexibility index (Phi) is 6.38. The van der Waals surface area contributed by atoms with Crippen LogP contribution in [0.1, 0.15) is 33.1 Å². The summed E-state index contributed by atoms with van der Waals surface area (Å²) in [5.41, 5.74) is 2.57. The number of sulfone groups is 1. The third-order valence-corrected chi connectivity index (χ3v) is 7.07. The third kappa shape index (κ3) is 4.77. The van der Waals surface area contributed by atoms with E-state index in [2.05, 4.69) is 10.3 Å². The van der Waals surface area contributed by atoms with E-state index < -0.39 is 27.5 Å². The van der Waals surface area contributed by atoms with Crippen molar-refractivity contribution in [1.29, 1.82) is 0 Å². The second-order valence-electron chi connectivity index (χ2n) is 8.41. The Balaban J connectivity index is 1.86. The van der Waals surface area contributed by atoms with Crippen LogP contribution >= 0.6 is 0 Å². The van der Waals surface area contributed by atoms with Gasteiger partial charge in [0.05, 0.1) is 17.5 Å². The number of aryl methyl sites for hydroxylation is 2. The number of halogens is 2. The van der Waals surface area contributed by atoms with Crippen molar-refractivity contribution in [2.24, 2.45) is 0 Å². The maximum Gasteiger partial charge on any atom is 0.191 e. The number of fused-ring (bicyclic) bond motifs is 1. The lowest BCUT2D eigenvalue weighted by Gasteiger charge is -2.22. The van der Waals surface area contributed by atoms with Crippen molar-refractivity contribution in [2.45, 2.75) is 24.8 Å². The second-order valence-corrected chi connectivity index (χ2v) is 10.4. The van der Waals surface area contributed by atoms with Crippen LogP contribution in [0.4, 0.5) is 14.5 Å². The molecular weight excluding hydrogens is 474 g/mol. The molecule has 9 heteroatoms. The van der Waals surface area contributed by atoms with E-state index in [4.69, 9.17) is 4.74 Å². The molecule has 182 valence electrons. The van der Waals surface area contributed by atoms with Gasteiger partial charge in [-0.25, -0.2) is 17.2 Å². The van der Waals surface area contributed by atoms with Gasteiger partial charge in [0.2, 0.25) is 0 Å². The van der Waals surface area contributed by atoms with Gasteiger partial charge < -0.3 is 15.0 Å². The summed E-state index contributed by atoms with van der Waals surface area (Å²) in [6, 6.07) is 10.3. The molecule has 3 aromatic carbocycles. The number of ether oxygens (including phenoxy) is 1. The first-order valence-electron chi connectivity index (χ1n) is 10.7. The Morgan fingerprint density at radius 1 is 1.06 bits per heavy atom. The van der Waals surface area contributed by atoms with Crippen LogP contribution in [-0.2, 0) is 9.84 Å².